The second-order valence-corrected chi connectivity index (χ2v) is 11.7. The molecular formula is C11H24Cl2OSi. The minimum Gasteiger partial charge on any atom is -0.413 e. The van der Waals surface area contributed by atoms with Crippen molar-refractivity contribution in [2.75, 3.05) is 0 Å². The van der Waals surface area contributed by atoms with Crippen molar-refractivity contribution >= 4 is 31.5 Å². The van der Waals surface area contributed by atoms with Crippen LogP contribution >= 0.6 is 23.2 Å². The zero-order chi connectivity index (χ0) is 12.4. The van der Waals surface area contributed by atoms with Gasteiger partial charge in [0.2, 0.25) is 0 Å². The van der Waals surface area contributed by atoms with Crippen molar-refractivity contribution in [3.8, 4) is 0 Å². The monoisotopic (exact) mass is 270 g/mol. The highest BCUT2D eigenvalue weighted by molar-refractivity contribution is 6.74. The molecule has 1 nitrogen and oxygen atoms in total. The topological polar surface area (TPSA) is 9.23 Å². The van der Waals surface area contributed by atoms with E-state index in [-0.39, 0.29) is 21.9 Å². The van der Waals surface area contributed by atoms with Crippen molar-refractivity contribution in [2.24, 2.45) is 0 Å². The largest absolute Gasteiger partial charge is 0.413 e. The Morgan fingerprint density at radius 1 is 1.07 bits per heavy atom. The van der Waals surface area contributed by atoms with Gasteiger partial charge < -0.3 is 4.43 Å². The van der Waals surface area contributed by atoms with Crippen LogP contribution in [0.15, 0.2) is 0 Å². The van der Waals surface area contributed by atoms with Gasteiger partial charge in [0.25, 0.3) is 0 Å². The fourth-order valence-electron chi connectivity index (χ4n) is 1.08. The van der Waals surface area contributed by atoms with E-state index in [9.17, 15) is 0 Å². The van der Waals surface area contributed by atoms with Gasteiger partial charge in [-0.05, 0) is 32.0 Å². The molecule has 0 radical (unpaired) electrons. The van der Waals surface area contributed by atoms with E-state index in [1.54, 1.807) is 0 Å². The summed E-state index contributed by atoms with van der Waals surface area (Å²) < 4.78 is 6.15. The summed E-state index contributed by atoms with van der Waals surface area (Å²) in [5.41, 5.74) is 0. The van der Waals surface area contributed by atoms with Crippen LogP contribution in [0, 0.1) is 0 Å². The lowest BCUT2D eigenvalue weighted by molar-refractivity contribution is 0.193. The first-order chi connectivity index (χ1) is 6.49. The van der Waals surface area contributed by atoms with Gasteiger partial charge in [0.1, 0.15) is 0 Å². The molecular weight excluding hydrogens is 247 g/mol. The van der Waals surface area contributed by atoms with Crippen molar-refractivity contribution in [3.63, 3.8) is 0 Å². The van der Waals surface area contributed by atoms with Crippen molar-refractivity contribution in [1.82, 2.24) is 0 Å². The molecule has 0 aromatic rings. The Hall–Kier alpha value is 0.757. The number of rotatable bonds is 4. The molecule has 0 heterocycles. The van der Waals surface area contributed by atoms with Gasteiger partial charge in [-0.25, -0.2) is 0 Å². The lowest BCUT2D eigenvalue weighted by Crippen LogP contribution is -2.46. The molecule has 0 unspecified atom stereocenters. The van der Waals surface area contributed by atoms with Crippen LogP contribution in [-0.2, 0) is 4.43 Å². The van der Waals surface area contributed by atoms with Crippen LogP contribution in [0.25, 0.3) is 0 Å². The van der Waals surface area contributed by atoms with Gasteiger partial charge in [-0.15, -0.1) is 23.2 Å². The van der Waals surface area contributed by atoms with Gasteiger partial charge in [0, 0.05) is 5.38 Å². The highest BCUT2D eigenvalue weighted by atomic mass is 35.5. The SMILES string of the molecule is C[C@H](Cl)[C@@H](Cl)[C@@H](C)O[Si](C)(C)C(C)(C)C. The second-order valence-electron chi connectivity index (χ2n) is 5.71. The van der Waals surface area contributed by atoms with E-state index in [1.807, 2.05) is 13.8 Å². The van der Waals surface area contributed by atoms with Gasteiger partial charge in [-0.3, -0.25) is 0 Å². The van der Waals surface area contributed by atoms with Crippen molar-refractivity contribution in [2.45, 2.75) is 69.6 Å². The average molecular weight is 271 g/mol. The predicted octanol–water partition coefficient (Wildman–Crippen LogP) is 4.63. The molecule has 0 aliphatic rings. The maximum atomic E-state index is 6.19. The van der Waals surface area contributed by atoms with Crippen LogP contribution in [0.3, 0.4) is 0 Å². The number of alkyl halides is 2. The van der Waals surface area contributed by atoms with Crippen LogP contribution in [0.2, 0.25) is 18.1 Å². The summed E-state index contributed by atoms with van der Waals surface area (Å²) >= 11 is 12.2. The van der Waals surface area contributed by atoms with E-state index in [2.05, 4.69) is 33.9 Å². The van der Waals surface area contributed by atoms with Crippen LogP contribution < -0.4 is 0 Å². The Labute approximate surface area is 106 Å². The van der Waals surface area contributed by atoms with E-state index in [0.717, 1.165) is 0 Å². The van der Waals surface area contributed by atoms with Gasteiger partial charge in [0.05, 0.1) is 11.5 Å². The fourth-order valence-corrected chi connectivity index (χ4v) is 2.85. The summed E-state index contributed by atoms with van der Waals surface area (Å²) in [5.74, 6) is 0. The molecule has 0 spiro atoms. The van der Waals surface area contributed by atoms with E-state index in [0.29, 0.717) is 0 Å². The van der Waals surface area contributed by atoms with Crippen LogP contribution in [0.1, 0.15) is 34.6 Å². The standard InChI is InChI=1S/C11H24Cl2OSi/c1-8(12)10(13)9(2)14-15(6,7)11(3,4)5/h8-10H,1-7H3/t8-,9+,10+/m0/s1. The summed E-state index contributed by atoms with van der Waals surface area (Å²) in [4.78, 5) is 0. The molecule has 0 aliphatic carbocycles. The molecule has 0 rings (SSSR count). The number of hydrogen-bond acceptors (Lipinski definition) is 1. The molecule has 0 aromatic heterocycles. The van der Waals surface area contributed by atoms with E-state index in [4.69, 9.17) is 27.6 Å². The molecule has 0 bridgehead atoms. The maximum Gasteiger partial charge on any atom is 0.192 e. The fraction of sp³-hybridized carbons (Fsp3) is 1.00. The third kappa shape index (κ3) is 4.64. The van der Waals surface area contributed by atoms with E-state index < -0.39 is 8.32 Å². The molecule has 0 saturated carbocycles. The Morgan fingerprint density at radius 3 is 1.73 bits per heavy atom. The summed E-state index contributed by atoms with van der Waals surface area (Å²) in [6.07, 6.45) is 0.0139. The van der Waals surface area contributed by atoms with Gasteiger partial charge in [-0.1, -0.05) is 20.8 Å². The minimum absolute atomic E-state index is 0.0139. The first-order valence-corrected chi connectivity index (χ1v) is 9.23. The lowest BCUT2D eigenvalue weighted by Gasteiger charge is -2.39. The highest BCUT2D eigenvalue weighted by Gasteiger charge is 2.39. The Balaban J connectivity index is 4.47. The molecule has 3 atom stereocenters. The molecule has 92 valence electrons. The first kappa shape index (κ1) is 15.8. The lowest BCUT2D eigenvalue weighted by atomic mass is 10.2. The average Bonchev–Trinajstić information content (AvgIpc) is 1.99. The Bertz CT molecular complexity index is 199. The summed E-state index contributed by atoms with van der Waals surface area (Å²) in [6.45, 7) is 15.0. The van der Waals surface area contributed by atoms with Gasteiger partial charge >= 0.3 is 0 Å². The smallest absolute Gasteiger partial charge is 0.192 e. The molecule has 0 amide bonds. The van der Waals surface area contributed by atoms with Crippen LogP contribution in [0.5, 0.6) is 0 Å². The number of halogens is 2. The molecule has 0 saturated heterocycles. The third-order valence-electron chi connectivity index (χ3n) is 3.17. The van der Waals surface area contributed by atoms with E-state index >= 15 is 0 Å². The molecule has 4 heteroatoms. The summed E-state index contributed by atoms with van der Waals surface area (Å²) in [7, 11) is -1.72. The second kappa shape index (κ2) is 5.39. The van der Waals surface area contributed by atoms with Gasteiger partial charge in [0.15, 0.2) is 8.32 Å². The predicted molar refractivity (Wildman–Crippen MR) is 72.7 cm³/mol. The van der Waals surface area contributed by atoms with Crippen LogP contribution in [0.4, 0.5) is 0 Å². The quantitative estimate of drug-likeness (QED) is 0.535. The molecule has 0 aliphatic heterocycles. The van der Waals surface area contributed by atoms with Crippen molar-refractivity contribution < 1.29 is 4.43 Å². The van der Waals surface area contributed by atoms with E-state index in [1.165, 1.54) is 0 Å². The molecule has 0 N–H and O–H groups in total. The summed E-state index contributed by atoms with van der Waals surface area (Å²) in [6, 6.07) is 0. The highest BCUT2D eigenvalue weighted by Crippen LogP contribution is 2.38. The van der Waals surface area contributed by atoms with Crippen molar-refractivity contribution in [1.29, 1.82) is 0 Å². The zero-order valence-corrected chi connectivity index (χ0v) is 13.4. The molecule has 0 fully saturated rings. The Kier molecular flexibility index (Phi) is 5.66. The maximum absolute atomic E-state index is 6.19. The zero-order valence-electron chi connectivity index (χ0n) is 10.9. The number of hydrogen-bond donors (Lipinski definition) is 0. The van der Waals surface area contributed by atoms with Gasteiger partial charge in [-0.2, -0.15) is 0 Å². The molecule has 0 aromatic carbocycles. The summed E-state index contributed by atoms with van der Waals surface area (Å²) in [5, 5.41) is 0.0279. The Morgan fingerprint density at radius 2 is 1.47 bits per heavy atom. The molecule has 15 heavy (non-hydrogen) atoms. The normalized spacial score (nSPS) is 19.8. The van der Waals surface area contributed by atoms with Crippen LogP contribution in [-0.4, -0.2) is 25.2 Å². The third-order valence-corrected chi connectivity index (χ3v) is 8.88. The van der Waals surface area contributed by atoms with Crippen molar-refractivity contribution in [3.05, 3.63) is 0 Å². The minimum atomic E-state index is -1.72. The first-order valence-electron chi connectivity index (χ1n) is 5.45.